The zero-order chi connectivity index (χ0) is 20.8. The molecule has 6 nitrogen and oxygen atoms in total. The Morgan fingerprint density at radius 3 is 2.57 bits per heavy atom. The number of carbonyl (C=O) groups excluding carboxylic acids is 2. The van der Waals surface area contributed by atoms with Crippen molar-refractivity contribution in [2.24, 2.45) is 7.05 Å². The summed E-state index contributed by atoms with van der Waals surface area (Å²) in [5.41, 5.74) is 3.18. The first-order valence-electron chi connectivity index (χ1n) is 8.95. The van der Waals surface area contributed by atoms with Gasteiger partial charge in [-0.3, -0.25) is 14.3 Å². The van der Waals surface area contributed by atoms with Gasteiger partial charge >= 0.3 is 0 Å². The minimum atomic E-state index is -0.326. The summed E-state index contributed by atoms with van der Waals surface area (Å²) in [5, 5.41) is 7.88. The van der Waals surface area contributed by atoms with Gasteiger partial charge in [0, 0.05) is 35.9 Å². The number of hydrogen-bond donors (Lipinski definition) is 1. The first-order chi connectivity index (χ1) is 13.2. The van der Waals surface area contributed by atoms with E-state index in [2.05, 4.69) is 10.4 Å². The maximum Gasteiger partial charge on any atom is 0.247 e. The number of halogens is 2. The number of amides is 2. The summed E-state index contributed by atoms with van der Waals surface area (Å²) in [5.74, 6) is -0.560. The Balaban J connectivity index is 2.07. The molecule has 0 spiro atoms. The molecule has 0 aliphatic rings. The lowest BCUT2D eigenvalue weighted by molar-refractivity contribution is -0.130. The zero-order valence-electron chi connectivity index (χ0n) is 16.4. The van der Waals surface area contributed by atoms with Gasteiger partial charge in [-0.05, 0) is 44.5 Å². The average molecular weight is 423 g/mol. The normalized spacial score (nSPS) is 11.1. The maximum atomic E-state index is 12.6. The number of benzene rings is 1. The number of nitrogens with zero attached hydrogens (tertiary/aromatic N) is 3. The number of rotatable bonds is 7. The number of nitrogens with one attached hydrogen (secondary N) is 1. The molecular weight excluding hydrogens is 399 g/mol. The lowest BCUT2D eigenvalue weighted by atomic mass is 10.2. The molecule has 150 valence electrons. The average Bonchev–Trinajstić information content (AvgIpc) is 2.87. The van der Waals surface area contributed by atoms with E-state index in [1.807, 2.05) is 27.8 Å². The van der Waals surface area contributed by atoms with Crippen LogP contribution in [-0.4, -0.2) is 39.6 Å². The molecule has 2 rings (SSSR count). The molecule has 8 heteroatoms. The molecule has 0 saturated heterocycles. The van der Waals surface area contributed by atoms with E-state index >= 15 is 0 Å². The molecule has 0 radical (unpaired) electrons. The molecule has 2 amide bonds. The molecule has 0 bridgehead atoms. The molecule has 1 aromatic heterocycles. The molecular formula is C20H24Cl2N4O2. The molecule has 0 aliphatic carbocycles. The fraction of sp³-hybridized carbons (Fsp3) is 0.350. The van der Waals surface area contributed by atoms with Crippen LogP contribution in [0.25, 0.3) is 6.08 Å². The summed E-state index contributed by atoms with van der Waals surface area (Å²) >= 11 is 12.0. The summed E-state index contributed by atoms with van der Waals surface area (Å²) in [6.45, 7) is 6.19. The van der Waals surface area contributed by atoms with E-state index in [9.17, 15) is 9.59 Å². The number of anilines is 1. The Bertz CT molecular complexity index is 906. The van der Waals surface area contributed by atoms with E-state index in [1.165, 1.54) is 11.0 Å². The topological polar surface area (TPSA) is 67.2 Å². The first-order valence-corrected chi connectivity index (χ1v) is 9.70. The monoisotopic (exact) mass is 422 g/mol. The molecule has 1 heterocycles. The van der Waals surface area contributed by atoms with Crippen molar-refractivity contribution in [2.45, 2.75) is 27.2 Å². The fourth-order valence-corrected chi connectivity index (χ4v) is 3.24. The van der Waals surface area contributed by atoms with E-state index in [0.29, 0.717) is 22.3 Å². The Hall–Kier alpha value is -2.31. The van der Waals surface area contributed by atoms with Crippen molar-refractivity contribution < 1.29 is 9.59 Å². The van der Waals surface area contributed by atoms with Crippen LogP contribution in [-0.2, 0) is 16.6 Å². The van der Waals surface area contributed by atoms with E-state index in [-0.39, 0.29) is 18.4 Å². The van der Waals surface area contributed by atoms with Crippen molar-refractivity contribution in [1.82, 2.24) is 14.7 Å². The van der Waals surface area contributed by atoms with Gasteiger partial charge in [0.15, 0.2) is 0 Å². The second-order valence-corrected chi connectivity index (χ2v) is 7.32. The highest BCUT2D eigenvalue weighted by Crippen LogP contribution is 2.25. The van der Waals surface area contributed by atoms with Gasteiger partial charge in [-0.2, -0.15) is 5.10 Å². The van der Waals surface area contributed by atoms with Gasteiger partial charge in [-0.1, -0.05) is 30.1 Å². The third kappa shape index (κ3) is 5.59. The molecule has 0 fully saturated rings. The second-order valence-electron chi connectivity index (χ2n) is 6.47. The third-order valence-corrected chi connectivity index (χ3v) is 4.85. The van der Waals surface area contributed by atoms with Crippen molar-refractivity contribution in [3.05, 3.63) is 51.3 Å². The van der Waals surface area contributed by atoms with Gasteiger partial charge < -0.3 is 10.2 Å². The zero-order valence-corrected chi connectivity index (χ0v) is 17.9. The van der Waals surface area contributed by atoms with Gasteiger partial charge in [0.05, 0.1) is 16.4 Å². The summed E-state index contributed by atoms with van der Waals surface area (Å²) in [7, 11) is 1.86. The lowest BCUT2D eigenvalue weighted by Gasteiger charge is -2.20. The van der Waals surface area contributed by atoms with Crippen LogP contribution >= 0.6 is 23.2 Å². The summed E-state index contributed by atoms with van der Waals surface area (Å²) < 4.78 is 1.77. The van der Waals surface area contributed by atoms with Gasteiger partial charge in [-0.15, -0.1) is 0 Å². The summed E-state index contributed by atoms with van der Waals surface area (Å²) in [4.78, 5) is 26.5. The molecule has 0 aliphatic heterocycles. The summed E-state index contributed by atoms with van der Waals surface area (Å²) in [6.07, 6.45) is 3.96. The highest BCUT2D eigenvalue weighted by atomic mass is 35.5. The van der Waals surface area contributed by atoms with Gasteiger partial charge in [0.25, 0.3) is 0 Å². The number of aryl methyl sites for hydroxylation is 2. The number of aromatic nitrogens is 2. The van der Waals surface area contributed by atoms with E-state index in [0.717, 1.165) is 23.4 Å². The smallest absolute Gasteiger partial charge is 0.247 e. The molecule has 0 saturated carbocycles. The van der Waals surface area contributed by atoms with Crippen molar-refractivity contribution in [3.8, 4) is 0 Å². The minimum Gasteiger partial charge on any atom is -0.330 e. The van der Waals surface area contributed by atoms with Crippen molar-refractivity contribution in [3.63, 3.8) is 0 Å². The van der Waals surface area contributed by atoms with Gasteiger partial charge in [0.1, 0.15) is 6.54 Å². The standard InChI is InChI=1S/C20H24Cl2N4O2/c1-5-10-26(12-19(27)23-18-8-6-15(21)11-17(18)22)20(28)9-7-16-13(2)24-25(4)14(16)3/h6-9,11H,5,10,12H2,1-4H3,(H,23,27)/b9-7+. The van der Waals surface area contributed by atoms with Crippen LogP contribution in [0.4, 0.5) is 5.69 Å². The SMILES string of the molecule is CCCN(CC(=O)Nc1ccc(Cl)cc1Cl)C(=O)/C=C/c1c(C)nn(C)c1C. The van der Waals surface area contributed by atoms with Crippen molar-refractivity contribution in [1.29, 1.82) is 0 Å². The quantitative estimate of drug-likeness (QED) is 0.678. The Morgan fingerprint density at radius 1 is 1.29 bits per heavy atom. The van der Waals surface area contributed by atoms with Crippen LogP contribution in [0.3, 0.4) is 0 Å². The molecule has 0 atom stereocenters. The third-order valence-electron chi connectivity index (χ3n) is 4.30. The van der Waals surface area contributed by atoms with Crippen molar-refractivity contribution in [2.75, 3.05) is 18.4 Å². The molecule has 1 aromatic carbocycles. The van der Waals surface area contributed by atoms with Gasteiger partial charge in [-0.25, -0.2) is 0 Å². The first kappa shape index (κ1) is 22.0. The molecule has 0 unspecified atom stereocenters. The molecule has 1 N–H and O–H groups in total. The molecule has 28 heavy (non-hydrogen) atoms. The Kier molecular flexibility index (Phi) is 7.66. The van der Waals surface area contributed by atoms with E-state index < -0.39 is 0 Å². The van der Waals surface area contributed by atoms with E-state index in [1.54, 1.807) is 29.0 Å². The van der Waals surface area contributed by atoms with Crippen LogP contribution in [0.15, 0.2) is 24.3 Å². The van der Waals surface area contributed by atoms with Crippen molar-refractivity contribution >= 4 is 46.8 Å². The van der Waals surface area contributed by atoms with Crippen LogP contribution in [0.2, 0.25) is 10.0 Å². The largest absolute Gasteiger partial charge is 0.330 e. The number of carbonyl (C=O) groups is 2. The minimum absolute atomic E-state index is 0.0685. The Labute approximate surface area is 175 Å². The predicted octanol–water partition coefficient (Wildman–Crippen LogP) is 4.23. The van der Waals surface area contributed by atoms with E-state index in [4.69, 9.17) is 23.2 Å². The second kappa shape index (κ2) is 9.75. The van der Waals surface area contributed by atoms with Crippen LogP contribution in [0.1, 0.15) is 30.3 Å². The fourth-order valence-electron chi connectivity index (χ4n) is 2.78. The predicted molar refractivity (Wildman–Crippen MR) is 114 cm³/mol. The highest BCUT2D eigenvalue weighted by molar-refractivity contribution is 6.36. The Morgan fingerprint density at radius 2 is 2.00 bits per heavy atom. The van der Waals surface area contributed by atoms with Gasteiger partial charge in [0.2, 0.25) is 11.8 Å². The van der Waals surface area contributed by atoms with Crippen LogP contribution < -0.4 is 5.32 Å². The summed E-state index contributed by atoms with van der Waals surface area (Å²) in [6, 6.07) is 4.82. The number of hydrogen-bond acceptors (Lipinski definition) is 3. The lowest BCUT2D eigenvalue weighted by Crippen LogP contribution is -2.37. The van der Waals surface area contributed by atoms with Crippen LogP contribution in [0, 0.1) is 13.8 Å². The maximum absolute atomic E-state index is 12.6. The van der Waals surface area contributed by atoms with Crippen LogP contribution in [0.5, 0.6) is 0 Å². The highest BCUT2D eigenvalue weighted by Gasteiger charge is 2.16. The molecule has 2 aromatic rings.